The van der Waals surface area contributed by atoms with Crippen molar-refractivity contribution in [2.45, 2.75) is 13.0 Å². The Labute approximate surface area is 90.1 Å². The number of hydrogen-bond donors (Lipinski definition) is 1. The number of anilines is 2. The molecule has 2 aromatic heterocycles. The number of halogens is 2. The lowest BCUT2D eigenvalue weighted by molar-refractivity contribution is 0.122. The van der Waals surface area contributed by atoms with Crippen LogP contribution in [0, 0.1) is 0 Å². The lowest BCUT2D eigenvalue weighted by Crippen LogP contribution is -2.06. The average Bonchev–Trinajstić information content (AvgIpc) is 2.66. The maximum atomic E-state index is 12.1. The van der Waals surface area contributed by atoms with Crippen LogP contribution in [0.2, 0.25) is 0 Å². The van der Waals surface area contributed by atoms with Crippen LogP contribution in [0.5, 0.6) is 0 Å². The second-order valence-corrected chi connectivity index (χ2v) is 3.06. The predicted molar refractivity (Wildman–Crippen MR) is 53.5 cm³/mol. The Morgan fingerprint density at radius 2 is 2.31 bits per heavy atom. The highest BCUT2D eigenvalue weighted by atomic mass is 19.3. The molecule has 0 unspecified atom stereocenters. The third kappa shape index (κ3) is 2.72. The first-order chi connectivity index (χ1) is 7.74. The predicted octanol–water partition coefficient (Wildman–Crippen LogP) is 1.68. The van der Waals surface area contributed by atoms with Gasteiger partial charge in [0.25, 0.3) is 6.43 Å². The molecule has 1 N–H and O–H groups in total. The number of alkyl halides is 2. The number of hydrogen-bond acceptors (Lipinski definition) is 4. The van der Waals surface area contributed by atoms with Crippen LogP contribution in [-0.2, 0) is 6.54 Å². The Balaban J connectivity index is 2.03. The van der Waals surface area contributed by atoms with Crippen LogP contribution in [0.3, 0.4) is 0 Å². The van der Waals surface area contributed by atoms with Crippen LogP contribution in [0.4, 0.5) is 20.3 Å². The van der Waals surface area contributed by atoms with Crippen molar-refractivity contribution in [1.82, 2.24) is 19.7 Å². The molecule has 2 aromatic rings. The lowest BCUT2D eigenvalue weighted by Gasteiger charge is -2.00. The zero-order chi connectivity index (χ0) is 11.4. The van der Waals surface area contributed by atoms with Gasteiger partial charge < -0.3 is 5.32 Å². The van der Waals surface area contributed by atoms with E-state index >= 15 is 0 Å². The third-order valence-corrected chi connectivity index (χ3v) is 1.81. The second-order valence-electron chi connectivity index (χ2n) is 3.06. The number of nitrogens with zero attached hydrogens (tertiary/aromatic N) is 4. The Kier molecular flexibility index (Phi) is 3.04. The standard InChI is InChI=1S/C9H9F2N5/c10-8(11)5-16-4-7(3-14-16)15-9-1-2-12-6-13-9/h1-4,6,8H,5H2,(H,12,13,15). The molecule has 84 valence electrons. The van der Waals surface area contributed by atoms with Crippen molar-refractivity contribution in [2.75, 3.05) is 5.32 Å². The summed E-state index contributed by atoms with van der Waals surface area (Å²) >= 11 is 0. The Bertz CT molecular complexity index is 442. The largest absolute Gasteiger partial charge is 0.338 e. The van der Waals surface area contributed by atoms with E-state index in [-0.39, 0.29) is 0 Å². The fraction of sp³-hybridized carbons (Fsp3) is 0.222. The molecule has 7 heteroatoms. The molecule has 2 rings (SSSR count). The van der Waals surface area contributed by atoms with E-state index in [9.17, 15) is 8.78 Å². The summed E-state index contributed by atoms with van der Waals surface area (Å²) in [6.45, 7) is -0.411. The zero-order valence-corrected chi connectivity index (χ0v) is 8.22. The molecule has 0 aliphatic carbocycles. The Hall–Kier alpha value is -2.05. The Morgan fingerprint density at radius 3 is 3.00 bits per heavy atom. The van der Waals surface area contributed by atoms with Crippen LogP contribution >= 0.6 is 0 Å². The van der Waals surface area contributed by atoms with Crippen molar-refractivity contribution < 1.29 is 8.78 Å². The molecule has 0 atom stereocenters. The second kappa shape index (κ2) is 4.65. The zero-order valence-electron chi connectivity index (χ0n) is 8.22. The van der Waals surface area contributed by atoms with E-state index in [1.54, 1.807) is 12.3 Å². The molecule has 0 saturated heterocycles. The van der Waals surface area contributed by atoms with Crippen LogP contribution in [0.1, 0.15) is 0 Å². The van der Waals surface area contributed by atoms with Gasteiger partial charge in [0.05, 0.1) is 11.9 Å². The van der Waals surface area contributed by atoms with Gasteiger partial charge in [-0.2, -0.15) is 5.10 Å². The van der Waals surface area contributed by atoms with Gasteiger partial charge >= 0.3 is 0 Å². The first-order valence-electron chi connectivity index (χ1n) is 4.57. The molecule has 0 amide bonds. The first-order valence-corrected chi connectivity index (χ1v) is 4.57. The van der Waals surface area contributed by atoms with E-state index in [4.69, 9.17) is 0 Å². The fourth-order valence-electron chi connectivity index (χ4n) is 1.18. The monoisotopic (exact) mass is 225 g/mol. The van der Waals surface area contributed by atoms with Gasteiger partial charge in [-0.05, 0) is 6.07 Å². The topological polar surface area (TPSA) is 55.6 Å². The quantitative estimate of drug-likeness (QED) is 0.860. The van der Waals surface area contributed by atoms with Crippen LogP contribution < -0.4 is 5.32 Å². The van der Waals surface area contributed by atoms with Crippen molar-refractivity contribution in [1.29, 1.82) is 0 Å². The van der Waals surface area contributed by atoms with E-state index in [1.165, 1.54) is 23.4 Å². The van der Waals surface area contributed by atoms with Gasteiger partial charge in [0.2, 0.25) is 0 Å². The number of aromatic nitrogens is 4. The van der Waals surface area contributed by atoms with Crippen molar-refractivity contribution in [3.63, 3.8) is 0 Å². The Morgan fingerprint density at radius 1 is 1.44 bits per heavy atom. The molecular formula is C9H9F2N5. The number of rotatable bonds is 4. The van der Waals surface area contributed by atoms with E-state index in [1.807, 2.05) is 0 Å². The minimum absolute atomic E-state index is 0.411. The molecular weight excluding hydrogens is 216 g/mol. The molecule has 0 spiro atoms. The maximum Gasteiger partial charge on any atom is 0.257 e. The fourth-order valence-corrected chi connectivity index (χ4v) is 1.18. The SMILES string of the molecule is FC(F)Cn1cc(Nc2ccncn2)cn1. The van der Waals surface area contributed by atoms with Crippen LogP contribution in [0.15, 0.2) is 31.0 Å². The van der Waals surface area contributed by atoms with Gasteiger partial charge in [-0.15, -0.1) is 0 Å². The minimum atomic E-state index is -2.41. The van der Waals surface area contributed by atoms with Crippen LogP contribution in [-0.4, -0.2) is 26.2 Å². The van der Waals surface area contributed by atoms with Crippen molar-refractivity contribution >= 4 is 11.5 Å². The van der Waals surface area contributed by atoms with E-state index in [0.717, 1.165) is 0 Å². The summed E-state index contributed by atoms with van der Waals surface area (Å²) in [4.78, 5) is 7.70. The molecule has 0 saturated carbocycles. The molecule has 0 fully saturated rings. The summed E-state index contributed by atoms with van der Waals surface area (Å²) < 4.78 is 25.3. The highest BCUT2D eigenvalue weighted by Gasteiger charge is 2.05. The smallest absolute Gasteiger partial charge is 0.257 e. The summed E-state index contributed by atoms with van der Waals surface area (Å²) in [5.41, 5.74) is 0.611. The van der Waals surface area contributed by atoms with Gasteiger partial charge in [-0.1, -0.05) is 0 Å². The van der Waals surface area contributed by atoms with Crippen molar-refractivity contribution in [2.24, 2.45) is 0 Å². The van der Waals surface area contributed by atoms with Gasteiger partial charge in [0.1, 0.15) is 18.7 Å². The van der Waals surface area contributed by atoms with Gasteiger partial charge in [-0.25, -0.2) is 18.7 Å². The molecule has 0 bridgehead atoms. The van der Waals surface area contributed by atoms with E-state index < -0.39 is 13.0 Å². The normalized spacial score (nSPS) is 10.7. The van der Waals surface area contributed by atoms with Crippen LogP contribution in [0.25, 0.3) is 0 Å². The summed E-state index contributed by atoms with van der Waals surface area (Å²) in [7, 11) is 0. The van der Waals surface area contributed by atoms with E-state index in [2.05, 4.69) is 20.4 Å². The van der Waals surface area contributed by atoms with Gasteiger partial charge in [0, 0.05) is 12.4 Å². The molecule has 0 aromatic carbocycles. The van der Waals surface area contributed by atoms with Gasteiger partial charge in [-0.3, -0.25) is 4.68 Å². The summed E-state index contributed by atoms with van der Waals surface area (Å²) in [5.74, 6) is 0.589. The average molecular weight is 225 g/mol. The maximum absolute atomic E-state index is 12.1. The summed E-state index contributed by atoms with van der Waals surface area (Å²) in [5, 5.41) is 6.70. The summed E-state index contributed by atoms with van der Waals surface area (Å²) in [6, 6.07) is 1.67. The van der Waals surface area contributed by atoms with Gasteiger partial charge in [0.15, 0.2) is 0 Å². The highest BCUT2D eigenvalue weighted by molar-refractivity contribution is 5.52. The minimum Gasteiger partial charge on any atom is -0.338 e. The summed E-state index contributed by atoms with van der Waals surface area (Å²) in [6.07, 6.45) is 3.52. The molecule has 16 heavy (non-hydrogen) atoms. The molecule has 5 nitrogen and oxygen atoms in total. The number of nitrogens with one attached hydrogen (secondary N) is 1. The molecule has 2 heterocycles. The molecule has 0 aliphatic rings. The molecule has 0 aliphatic heterocycles. The molecule has 0 radical (unpaired) electrons. The third-order valence-electron chi connectivity index (χ3n) is 1.81. The van der Waals surface area contributed by atoms with Crippen molar-refractivity contribution in [3.8, 4) is 0 Å². The van der Waals surface area contributed by atoms with Crippen molar-refractivity contribution in [3.05, 3.63) is 31.0 Å². The lowest BCUT2D eigenvalue weighted by atomic mass is 10.5. The highest BCUT2D eigenvalue weighted by Crippen LogP contribution is 2.12. The van der Waals surface area contributed by atoms with E-state index in [0.29, 0.717) is 11.5 Å². The first kappa shape index (κ1) is 10.5.